The van der Waals surface area contributed by atoms with Crippen molar-refractivity contribution in [2.75, 3.05) is 0 Å². The number of hydrogen-bond donors (Lipinski definition) is 1. The summed E-state index contributed by atoms with van der Waals surface area (Å²) in [7, 11) is 1.85. The highest BCUT2D eigenvalue weighted by Crippen LogP contribution is 2.24. The molecule has 3 aromatic rings. The molecule has 0 unspecified atom stereocenters. The molecule has 1 aromatic carbocycles. The van der Waals surface area contributed by atoms with E-state index in [4.69, 9.17) is 0 Å². The fourth-order valence-corrected chi connectivity index (χ4v) is 3.96. The van der Waals surface area contributed by atoms with Gasteiger partial charge in [-0.25, -0.2) is 13.8 Å². The molecule has 1 amide bonds. The summed E-state index contributed by atoms with van der Waals surface area (Å²) in [4.78, 5) is 17.3. The van der Waals surface area contributed by atoms with E-state index in [-0.39, 0.29) is 23.9 Å². The summed E-state index contributed by atoms with van der Waals surface area (Å²) in [6.45, 7) is 0. The van der Waals surface area contributed by atoms with Gasteiger partial charge in [-0.15, -0.1) is 0 Å². The molecule has 0 bridgehead atoms. The molecule has 1 saturated carbocycles. The minimum Gasteiger partial charge on any atom is -0.348 e. The van der Waals surface area contributed by atoms with E-state index in [1.807, 2.05) is 23.9 Å². The molecule has 0 aliphatic heterocycles. The highest BCUT2D eigenvalue weighted by molar-refractivity contribution is 5.95. The number of pyridine rings is 1. The molecule has 0 saturated heterocycles. The Labute approximate surface area is 162 Å². The van der Waals surface area contributed by atoms with Gasteiger partial charge in [0.1, 0.15) is 11.3 Å². The Kier molecular flexibility index (Phi) is 5.11. The standard InChI is InChI=1S/C22H23F2N3O/c1-27-11-10-17-15(12-14-6-5-9-18(23)20(14)24)13-19(26-21(17)27)22(28)25-16-7-3-2-4-8-16/h5-6,9-11,13,16H,2-4,7-8,12H2,1H3,(H,25,28). The average Bonchev–Trinajstić information content (AvgIpc) is 3.07. The largest absolute Gasteiger partial charge is 0.348 e. The second-order valence-electron chi connectivity index (χ2n) is 7.53. The lowest BCUT2D eigenvalue weighted by Crippen LogP contribution is -2.36. The number of halogens is 2. The Hall–Kier alpha value is -2.76. The number of aryl methyl sites for hydroxylation is 1. The maximum atomic E-state index is 14.2. The number of benzene rings is 1. The van der Waals surface area contributed by atoms with Crippen molar-refractivity contribution < 1.29 is 13.6 Å². The minimum atomic E-state index is -0.869. The van der Waals surface area contributed by atoms with E-state index in [0.717, 1.165) is 42.7 Å². The van der Waals surface area contributed by atoms with E-state index >= 15 is 0 Å². The van der Waals surface area contributed by atoms with Gasteiger partial charge >= 0.3 is 0 Å². The Bertz CT molecular complexity index is 1020. The molecule has 28 heavy (non-hydrogen) atoms. The predicted octanol–water partition coefficient (Wildman–Crippen LogP) is 4.50. The van der Waals surface area contributed by atoms with Crippen LogP contribution in [0.25, 0.3) is 11.0 Å². The zero-order valence-electron chi connectivity index (χ0n) is 15.8. The van der Waals surface area contributed by atoms with Crippen LogP contribution < -0.4 is 5.32 Å². The molecule has 0 atom stereocenters. The molecule has 2 heterocycles. The number of aromatic nitrogens is 2. The SMILES string of the molecule is Cn1ccc2c(Cc3cccc(F)c3F)cc(C(=O)NC3CCCCC3)nc21. The third-order valence-electron chi connectivity index (χ3n) is 5.51. The number of rotatable bonds is 4. The van der Waals surface area contributed by atoms with Crippen LogP contribution in [0.2, 0.25) is 0 Å². The van der Waals surface area contributed by atoms with Gasteiger partial charge in [0.2, 0.25) is 0 Å². The third kappa shape index (κ3) is 3.63. The highest BCUT2D eigenvalue weighted by Gasteiger charge is 2.20. The number of amides is 1. The van der Waals surface area contributed by atoms with Crippen molar-refractivity contribution in [3.8, 4) is 0 Å². The zero-order chi connectivity index (χ0) is 19.7. The first kappa shape index (κ1) is 18.6. The summed E-state index contributed by atoms with van der Waals surface area (Å²) in [6.07, 6.45) is 7.48. The molecule has 6 heteroatoms. The Morgan fingerprint density at radius 1 is 1.18 bits per heavy atom. The first-order valence-electron chi connectivity index (χ1n) is 9.71. The van der Waals surface area contributed by atoms with E-state index in [2.05, 4.69) is 10.3 Å². The lowest BCUT2D eigenvalue weighted by molar-refractivity contribution is 0.0923. The van der Waals surface area contributed by atoms with Crippen molar-refractivity contribution in [1.82, 2.24) is 14.9 Å². The molecule has 4 rings (SSSR count). The topological polar surface area (TPSA) is 46.9 Å². The quantitative estimate of drug-likeness (QED) is 0.721. The Morgan fingerprint density at radius 3 is 2.75 bits per heavy atom. The number of nitrogens with zero attached hydrogens (tertiary/aromatic N) is 2. The highest BCUT2D eigenvalue weighted by atomic mass is 19.2. The van der Waals surface area contributed by atoms with Crippen LogP contribution in [0.5, 0.6) is 0 Å². The predicted molar refractivity (Wildman–Crippen MR) is 104 cm³/mol. The van der Waals surface area contributed by atoms with Crippen molar-refractivity contribution in [1.29, 1.82) is 0 Å². The maximum absolute atomic E-state index is 14.2. The second kappa shape index (κ2) is 7.70. The van der Waals surface area contributed by atoms with E-state index in [0.29, 0.717) is 11.3 Å². The van der Waals surface area contributed by atoms with Crippen LogP contribution in [0, 0.1) is 11.6 Å². The summed E-state index contributed by atoms with van der Waals surface area (Å²) in [6, 6.07) is 7.93. The first-order chi connectivity index (χ1) is 13.5. The summed E-state index contributed by atoms with van der Waals surface area (Å²) in [5.41, 5.74) is 1.98. The second-order valence-corrected chi connectivity index (χ2v) is 7.53. The molecule has 1 N–H and O–H groups in total. The van der Waals surface area contributed by atoms with Crippen LogP contribution in [0.3, 0.4) is 0 Å². The zero-order valence-corrected chi connectivity index (χ0v) is 15.8. The lowest BCUT2D eigenvalue weighted by atomic mass is 9.95. The fourth-order valence-electron chi connectivity index (χ4n) is 3.96. The monoisotopic (exact) mass is 383 g/mol. The molecule has 2 aromatic heterocycles. The van der Waals surface area contributed by atoms with Gasteiger partial charge in [0, 0.05) is 31.1 Å². The molecule has 0 radical (unpaired) electrons. The van der Waals surface area contributed by atoms with Gasteiger partial charge in [0.05, 0.1) is 0 Å². The van der Waals surface area contributed by atoms with Crippen LogP contribution in [0.1, 0.15) is 53.7 Å². The van der Waals surface area contributed by atoms with Crippen LogP contribution in [-0.4, -0.2) is 21.5 Å². The van der Waals surface area contributed by atoms with Crippen molar-refractivity contribution in [2.45, 2.75) is 44.6 Å². The number of fused-ring (bicyclic) bond motifs is 1. The van der Waals surface area contributed by atoms with Crippen molar-refractivity contribution >= 4 is 16.9 Å². The van der Waals surface area contributed by atoms with Crippen molar-refractivity contribution in [2.24, 2.45) is 7.05 Å². The lowest BCUT2D eigenvalue weighted by Gasteiger charge is -2.22. The van der Waals surface area contributed by atoms with Gasteiger partial charge in [0.25, 0.3) is 5.91 Å². The Morgan fingerprint density at radius 2 is 1.96 bits per heavy atom. The van der Waals surface area contributed by atoms with E-state index in [9.17, 15) is 13.6 Å². The number of hydrogen-bond acceptors (Lipinski definition) is 2. The maximum Gasteiger partial charge on any atom is 0.270 e. The van der Waals surface area contributed by atoms with E-state index < -0.39 is 11.6 Å². The van der Waals surface area contributed by atoms with Crippen LogP contribution in [-0.2, 0) is 13.5 Å². The van der Waals surface area contributed by atoms with Crippen molar-refractivity contribution in [3.63, 3.8) is 0 Å². The minimum absolute atomic E-state index is 0.177. The molecule has 1 fully saturated rings. The normalized spacial score (nSPS) is 15.1. The molecular weight excluding hydrogens is 360 g/mol. The molecule has 4 nitrogen and oxygen atoms in total. The Balaban J connectivity index is 1.69. The van der Waals surface area contributed by atoms with Crippen LogP contribution >= 0.6 is 0 Å². The molecule has 1 aliphatic rings. The van der Waals surface area contributed by atoms with Crippen molar-refractivity contribution in [3.05, 3.63) is 65.0 Å². The average molecular weight is 383 g/mol. The molecular formula is C22H23F2N3O. The number of carbonyl (C=O) groups excluding carboxylic acids is 1. The summed E-state index contributed by atoms with van der Waals surface area (Å²) < 4.78 is 29.6. The number of nitrogens with one attached hydrogen (secondary N) is 1. The van der Waals surface area contributed by atoms with Gasteiger partial charge in [-0.3, -0.25) is 4.79 Å². The van der Waals surface area contributed by atoms with E-state index in [1.54, 1.807) is 12.1 Å². The molecule has 0 spiro atoms. The molecule has 1 aliphatic carbocycles. The first-order valence-corrected chi connectivity index (χ1v) is 9.71. The smallest absolute Gasteiger partial charge is 0.270 e. The summed E-state index contributed by atoms with van der Waals surface area (Å²) in [5.74, 6) is -1.93. The summed E-state index contributed by atoms with van der Waals surface area (Å²) >= 11 is 0. The number of carbonyl (C=O) groups is 1. The summed E-state index contributed by atoms with van der Waals surface area (Å²) in [5, 5.41) is 3.91. The van der Waals surface area contributed by atoms with Gasteiger partial charge in [-0.1, -0.05) is 31.4 Å². The van der Waals surface area contributed by atoms with Gasteiger partial charge in [-0.05, 0) is 42.2 Å². The van der Waals surface area contributed by atoms with E-state index in [1.165, 1.54) is 12.5 Å². The molecule has 146 valence electrons. The fraction of sp³-hybridized carbons (Fsp3) is 0.364. The van der Waals surface area contributed by atoms with Crippen LogP contribution in [0.15, 0.2) is 36.5 Å². The van der Waals surface area contributed by atoms with Gasteiger partial charge < -0.3 is 9.88 Å². The van der Waals surface area contributed by atoms with Gasteiger partial charge in [-0.2, -0.15) is 0 Å². The van der Waals surface area contributed by atoms with Crippen LogP contribution in [0.4, 0.5) is 8.78 Å². The van der Waals surface area contributed by atoms with Gasteiger partial charge in [0.15, 0.2) is 11.6 Å². The third-order valence-corrected chi connectivity index (χ3v) is 5.51.